The third-order valence-corrected chi connectivity index (χ3v) is 6.65. The van der Waals surface area contributed by atoms with Crippen LogP contribution in [0.5, 0.6) is 11.5 Å². The lowest BCUT2D eigenvalue weighted by Gasteiger charge is -2.33. The molecule has 1 aromatic carbocycles. The van der Waals surface area contributed by atoms with E-state index in [0.717, 1.165) is 0 Å². The molecule has 158 valence electrons. The van der Waals surface area contributed by atoms with Crippen LogP contribution >= 0.6 is 0 Å². The first-order valence-electron chi connectivity index (χ1n) is 9.17. The first kappa shape index (κ1) is 21.2. The summed E-state index contributed by atoms with van der Waals surface area (Å²) in [5.41, 5.74) is 0. The molecule has 1 aromatic heterocycles. The van der Waals surface area contributed by atoms with E-state index in [1.807, 2.05) is 4.90 Å². The number of carbonyl (C=O) groups is 1. The van der Waals surface area contributed by atoms with Gasteiger partial charge in [0.25, 0.3) is 0 Å². The van der Waals surface area contributed by atoms with Gasteiger partial charge in [-0.25, -0.2) is 8.42 Å². The highest BCUT2D eigenvalue weighted by Crippen LogP contribution is 2.31. The first-order chi connectivity index (χ1) is 13.9. The summed E-state index contributed by atoms with van der Waals surface area (Å²) < 4.78 is 43.1. The Bertz CT molecular complexity index is 921. The van der Waals surface area contributed by atoms with E-state index in [4.69, 9.17) is 13.9 Å². The molecule has 3 rings (SSSR count). The summed E-state index contributed by atoms with van der Waals surface area (Å²) >= 11 is 0. The smallest absolute Gasteiger partial charge is 0.246 e. The van der Waals surface area contributed by atoms with Crippen molar-refractivity contribution in [3.05, 3.63) is 42.4 Å². The number of nitrogens with zero attached hydrogens (tertiary/aromatic N) is 2. The molecule has 0 spiro atoms. The Balaban J connectivity index is 1.57. The van der Waals surface area contributed by atoms with Crippen LogP contribution in [0.1, 0.15) is 5.76 Å². The standard InChI is InChI=1S/C19H25N3O6S/c1-26-15-5-6-17(27-2)18(12-15)29(24,25)22-9-7-21(8-10-22)14-19(23)20-13-16-4-3-11-28-16/h3-6,11-12H,7-10,13-14H2,1-2H3,(H,20,23). The molecular formula is C19H25N3O6S. The van der Waals surface area contributed by atoms with Gasteiger partial charge < -0.3 is 19.2 Å². The zero-order chi connectivity index (χ0) is 20.9. The van der Waals surface area contributed by atoms with Gasteiger partial charge in [-0.2, -0.15) is 4.31 Å². The number of furan rings is 1. The summed E-state index contributed by atoms with van der Waals surface area (Å²) in [5.74, 6) is 1.26. The lowest BCUT2D eigenvalue weighted by Crippen LogP contribution is -2.51. The minimum atomic E-state index is -3.74. The van der Waals surface area contributed by atoms with E-state index in [1.165, 1.54) is 24.6 Å². The number of ether oxygens (including phenoxy) is 2. The van der Waals surface area contributed by atoms with Crippen molar-refractivity contribution >= 4 is 15.9 Å². The van der Waals surface area contributed by atoms with Crippen molar-refractivity contribution in [2.24, 2.45) is 0 Å². The van der Waals surface area contributed by atoms with Gasteiger partial charge in [-0.1, -0.05) is 0 Å². The first-order valence-corrected chi connectivity index (χ1v) is 10.6. The van der Waals surface area contributed by atoms with E-state index >= 15 is 0 Å². The average molecular weight is 423 g/mol. The van der Waals surface area contributed by atoms with E-state index in [2.05, 4.69) is 5.32 Å². The number of rotatable bonds is 8. The van der Waals surface area contributed by atoms with E-state index in [9.17, 15) is 13.2 Å². The molecule has 10 heteroatoms. The van der Waals surface area contributed by atoms with Crippen LogP contribution in [0, 0.1) is 0 Å². The van der Waals surface area contributed by atoms with Crippen molar-refractivity contribution in [2.45, 2.75) is 11.4 Å². The zero-order valence-electron chi connectivity index (χ0n) is 16.5. The summed E-state index contributed by atoms with van der Waals surface area (Å²) in [7, 11) is -0.830. The fraction of sp³-hybridized carbons (Fsp3) is 0.421. The Morgan fingerprint density at radius 2 is 1.90 bits per heavy atom. The maximum Gasteiger partial charge on any atom is 0.246 e. The summed E-state index contributed by atoms with van der Waals surface area (Å²) in [5, 5.41) is 2.79. The number of carbonyl (C=O) groups excluding carboxylic acids is 1. The molecule has 0 bridgehead atoms. The largest absolute Gasteiger partial charge is 0.497 e. The second kappa shape index (κ2) is 9.29. The quantitative estimate of drug-likeness (QED) is 0.674. The van der Waals surface area contributed by atoms with E-state index in [-0.39, 0.29) is 36.2 Å². The second-order valence-corrected chi connectivity index (χ2v) is 8.46. The second-order valence-electron chi connectivity index (χ2n) is 6.55. The molecule has 1 aliphatic heterocycles. The molecule has 0 unspecified atom stereocenters. The van der Waals surface area contributed by atoms with E-state index in [1.54, 1.807) is 30.5 Å². The van der Waals surface area contributed by atoms with Gasteiger partial charge in [-0.3, -0.25) is 9.69 Å². The highest BCUT2D eigenvalue weighted by Gasteiger charge is 2.31. The predicted octanol–water partition coefficient (Wildman–Crippen LogP) is 0.920. The third-order valence-electron chi connectivity index (χ3n) is 4.73. The van der Waals surface area contributed by atoms with Gasteiger partial charge in [0.2, 0.25) is 15.9 Å². The van der Waals surface area contributed by atoms with Crippen molar-refractivity contribution in [1.29, 1.82) is 0 Å². The maximum atomic E-state index is 13.1. The summed E-state index contributed by atoms with van der Waals surface area (Å²) in [6.07, 6.45) is 1.55. The van der Waals surface area contributed by atoms with Gasteiger partial charge in [0.1, 0.15) is 22.2 Å². The molecular weight excluding hydrogens is 398 g/mol. The Hall–Kier alpha value is -2.56. The van der Waals surface area contributed by atoms with Crippen molar-refractivity contribution in [3.8, 4) is 11.5 Å². The molecule has 1 saturated heterocycles. The fourth-order valence-electron chi connectivity index (χ4n) is 3.11. The van der Waals surface area contributed by atoms with Crippen molar-refractivity contribution in [3.63, 3.8) is 0 Å². The average Bonchev–Trinajstić information content (AvgIpc) is 3.26. The normalized spacial score (nSPS) is 15.8. The number of hydrogen-bond acceptors (Lipinski definition) is 7. The summed E-state index contributed by atoms with van der Waals surface area (Å²) in [4.78, 5) is 14.1. The van der Waals surface area contributed by atoms with Gasteiger partial charge in [0.05, 0.1) is 33.6 Å². The SMILES string of the molecule is COc1ccc(OC)c(S(=O)(=O)N2CCN(CC(=O)NCc3ccco3)CC2)c1. The minimum Gasteiger partial charge on any atom is -0.497 e. The predicted molar refractivity (Wildman–Crippen MR) is 105 cm³/mol. The molecule has 9 nitrogen and oxygen atoms in total. The van der Waals surface area contributed by atoms with Gasteiger partial charge in [0, 0.05) is 32.2 Å². The molecule has 2 heterocycles. The lowest BCUT2D eigenvalue weighted by molar-refractivity contribution is -0.122. The topological polar surface area (TPSA) is 101 Å². The molecule has 0 aliphatic carbocycles. The van der Waals surface area contributed by atoms with Crippen LogP contribution in [0.15, 0.2) is 45.9 Å². The van der Waals surface area contributed by atoms with Crippen LogP contribution in [0.3, 0.4) is 0 Å². The summed E-state index contributed by atoms with van der Waals surface area (Å²) in [6, 6.07) is 8.24. The van der Waals surface area contributed by atoms with E-state index in [0.29, 0.717) is 31.1 Å². The van der Waals surface area contributed by atoms with Crippen molar-refractivity contribution in [1.82, 2.24) is 14.5 Å². The van der Waals surface area contributed by atoms with Crippen LogP contribution in [0.4, 0.5) is 0 Å². The highest BCUT2D eigenvalue weighted by atomic mass is 32.2. The third kappa shape index (κ3) is 5.08. The highest BCUT2D eigenvalue weighted by molar-refractivity contribution is 7.89. The number of piperazine rings is 1. The Morgan fingerprint density at radius 3 is 2.52 bits per heavy atom. The zero-order valence-corrected chi connectivity index (χ0v) is 17.3. The number of hydrogen-bond donors (Lipinski definition) is 1. The number of sulfonamides is 1. The van der Waals surface area contributed by atoms with Crippen LogP contribution in [0.2, 0.25) is 0 Å². The molecule has 29 heavy (non-hydrogen) atoms. The van der Waals surface area contributed by atoms with E-state index < -0.39 is 10.0 Å². The minimum absolute atomic E-state index is 0.0731. The molecule has 0 atom stereocenters. The Morgan fingerprint density at radius 1 is 1.14 bits per heavy atom. The summed E-state index contributed by atoms with van der Waals surface area (Å²) in [6.45, 7) is 2.02. The lowest BCUT2D eigenvalue weighted by atomic mass is 10.3. The molecule has 1 aliphatic rings. The molecule has 0 radical (unpaired) electrons. The Labute approximate surface area is 170 Å². The van der Waals surface area contributed by atoms with Crippen LogP contribution in [-0.2, 0) is 21.4 Å². The fourth-order valence-corrected chi connectivity index (χ4v) is 4.70. The van der Waals surface area contributed by atoms with Gasteiger partial charge >= 0.3 is 0 Å². The van der Waals surface area contributed by atoms with Crippen LogP contribution in [-0.4, -0.2) is 70.5 Å². The van der Waals surface area contributed by atoms with Crippen molar-refractivity contribution < 1.29 is 27.1 Å². The van der Waals surface area contributed by atoms with Gasteiger partial charge in [-0.15, -0.1) is 0 Å². The number of methoxy groups -OCH3 is 2. The number of nitrogens with one attached hydrogen (secondary N) is 1. The number of benzene rings is 1. The molecule has 1 amide bonds. The molecule has 1 N–H and O–H groups in total. The molecule has 2 aromatic rings. The van der Waals surface area contributed by atoms with Crippen molar-refractivity contribution in [2.75, 3.05) is 46.9 Å². The van der Waals surface area contributed by atoms with Crippen LogP contribution in [0.25, 0.3) is 0 Å². The Kier molecular flexibility index (Phi) is 6.78. The van der Waals surface area contributed by atoms with Gasteiger partial charge in [0.15, 0.2) is 0 Å². The van der Waals surface area contributed by atoms with Crippen LogP contribution < -0.4 is 14.8 Å². The number of amides is 1. The van der Waals surface area contributed by atoms with Gasteiger partial charge in [-0.05, 0) is 24.3 Å². The monoisotopic (exact) mass is 423 g/mol. The molecule has 1 fully saturated rings. The maximum absolute atomic E-state index is 13.1. The molecule has 0 saturated carbocycles.